The molecule has 1 aromatic heterocycles. The van der Waals surface area contributed by atoms with E-state index in [-0.39, 0.29) is 23.4 Å². The Labute approximate surface area is 182 Å². The van der Waals surface area contributed by atoms with Crippen LogP contribution >= 0.6 is 11.6 Å². The summed E-state index contributed by atoms with van der Waals surface area (Å²) in [5.41, 5.74) is 1.11. The second-order valence-corrected chi connectivity index (χ2v) is 8.88. The highest BCUT2D eigenvalue weighted by molar-refractivity contribution is 6.30. The van der Waals surface area contributed by atoms with Crippen LogP contribution in [0.4, 0.5) is 0 Å². The third-order valence-electron chi connectivity index (χ3n) is 5.33. The van der Waals surface area contributed by atoms with Crippen molar-refractivity contribution >= 4 is 23.4 Å². The van der Waals surface area contributed by atoms with Gasteiger partial charge in [0, 0.05) is 30.1 Å². The fraction of sp³-hybridized carbons (Fsp3) is 0.522. The number of rotatable bonds is 8. The molecule has 0 aliphatic heterocycles. The highest BCUT2D eigenvalue weighted by Crippen LogP contribution is 2.26. The van der Waals surface area contributed by atoms with Gasteiger partial charge >= 0.3 is 0 Å². The first kappa shape index (κ1) is 22.3. The Morgan fingerprint density at radius 1 is 1.23 bits per heavy atom. The van der Waals surface area contributed by atoms with Crippen LogP contribution in [0.15, 0.2) is 34.9 Å². The van der Waals surface area contributed by atoms with E-state index in [1.807, 2.05) is 17.0 Å². The normalized spacial score (nSPS) is 14.7. The van der Waals surface area contributed by atoms with E-state index in [1.54, 1.807) is 18.2 Å². The summed E-state index contributed by atoms with van der Waals surface area (Å²) in [5.74, 6) is 0.834. The van der Waals surface area contributed by atoms with Gasteiger partial charge in [0.2, 0.25) is 5.91 Å². The van der Waals surface area contributed by atoms with Gasteiger partial charge in [-0.15, -0.1) is 0 Å². The number of carbonyl (C=O) groups excluding carboxylic acids is 2. The van der Waals surface area contributed by atoms with E-state index < -0.39 is 0 Å². The summed E-state index contributed by atoms with van der Waals surface area (Å²) in [6.07, 6.45) is 5.36. The number of nitrogens with zero attached hydrogens (tertiary/aromatic N) is 2. The van der Waals surface area contributed by atoms with Crippen LogP contribution in [0, 0.1) is 11.8 Å². The van der Waals surface area contributed by atoms with E-state index in [9.17, 15) is 9.59 Å². The van der Waals surface area contributed by atoms with E-state index in [0.717, 1.165) is 31.2 Å². The summed E-state index contributed by atoms with van der Waals surface area (Å²) in [7, 11) is 0. The number of carbonyl (C=O) groups is 2. The highest BCUT2D eigenvalue weighted by atomic mass is 35.5. The molecule has 0 spiro atoms. The number of aromatic nitrogens is 1. The van der Waals surface area contributed by atoms with Gasteiger partial charge in [0.05, 0.1) is 6.54 Å². The van der Waals surface area contributed by atoms with Gasteiger partial charge in [-0.3, -0.25) is 9.59 Å². The molecular weight excluding hydrogens is 402 g/mol. The van der Waals surface area contributed by atoms with Crippen molar-refractivity contribution in [1.29, 1.82) is 0 Å². The molecule has 0 saturated heterocycles. The number of nitrogens with one attached hydrogen (secondary N) is 1. The van der Waals surface area contributed by atoms with Crippen LogP contribution in [-0.2, 0) is 17.9 Å². The largest absolute Gasteiger partial charge is 0.359 e. The Kier molecular flexibility index (Phi) is 7.91. The third kappa shape index (κ3) is 6.33. The molecule has 1 heterocycles. The van der Waals surface area contributed by atoms with Gasteiger partial charge in [-0.1, -0.05) is 62.0 Å². The molecule has 1 saturated carbocycles. The monoisotopic (exact) mass is 431 g/mol. The Balaban J connectivity index is 1.60. The summed E-state index contributed by atoms with van der Waals surface area (Å²) in [6.45, 7) is 5.53. The van der Waals surface area contributed by atoms with Gasteiger partial charge < -0.3 is 14.7 Å². The van der Waals surface area contributed by atoms with Gasteiger partial charge in [-0.25, -0.2) is 0 Å². The van der Waals surface area contributed by atoms with Crippen LogP contribution in [-0.4, -0.2) is 28.4 Å². The quantitative estimate of drug-likeness (QED) is 0.649. The van der Waals surface area contributed by atoms with E-state index >= 15 is 0 Å². The molecule has 1 aromatic carbocycles. The molecule has 30 heavy (non-hydrogen) atoms. The van der Waals surface area contributed by atoms with Crippen molar-refractivity contribution in [1.82, 2.24) is 15.4 Å². The Bertz CT molecular complexity index is 859. The lowest BCUT2D eigenvalue weighted by atomic mass is 9.88. The minimum atomic E-state index is -0.320. The maximum absolute atomic E-state index is 13.0. The molecular formula is C23H30ClN3O3. The molecule has 3 rings (SSSR count). The average Bonchev–Trinajstić information content (AvgIpc) is 3.20. The molecule has 1 N–H and O–H groups in total. The van der Waals surface area contributed by atoms with Crippen molar-refractivity contribution in [2.24, 2.45) is 11.8 Å². The standard InChI is InChI=1S/C23H30ClN3O3/c1-16(2)14-27(23(29)18-8-4-3-5-9-18)15-20-12-21(26-30-20)22(28)25-13-17-7-6-10-19(24)11-17/h6-7,10-12,16,18H,3-5,8-9,13-15H2,1-2H3,(H,25,28). The van der Waals surface area contributed by atoms with Crippen LogP contribution in [0.25, 0.3) is 0 Å². The Hall–Kier alpha value is -2.34. The molecule has 2 amide bonds. The molecule has 7 heteroatoms. The lowest BCUT2D eigenvalue weighted by Crippen LogP contribution is -2.38. The Morgan fingerprint density at radius 3 is 2.70 bits per heavy atom. The Morgan fingerprint density at radius 2 is 2.00 bits per heavy atom. The number of hydrogen-bond donors (Lipinski definition) is 1. The van der Waals surface area contributed by atoms with Crippen LogP contribution in [0.5, 0.6) is 0 Å². The molecule has 2 aromatic rings. The van der Waals surface area contributed by atoms with E-state index in [1.165, 1.54) is 6.42 Å². The van der Waals surface area contributed by atoms with Gasteiger partial charge in [-0.05, 0) is 36.5 Å². The van der Waals surface area contributed by atoms with E-state index in [4.69, 9.17) is 16.1 Å². The fourth-order valence-electron chi connectivity index (χ4n) is 3.88. The van der Waals surface area contributed by atoms with Crippen LogP contribution in [0.1, 0.15) is 67.8 Å². The number of hydrogen-bond acceptors (Lipinski definition) is 4. The fourth-order valence-corrected chi connectivity index (χ4v) is 4.10. The van der Waals surface area contributed by atoms with Crippen molar-refractivity contribution in [3.8, 4) is 0 Å². The predicted molar refractivity (Wildman–Crippen MR) is 116 cm³/mol. The first-order chi connectivity index (χ1) is 14.4. The van der Waals surface area contributed by atoms with Gasteiger partial charge in [0.25, 0.3) is 5.91 Å². The highest BCUT2D eigenvalue weighted by Gasteiger charge is 2.27. The van der Waals surface area contributed by atoms with Crippen molar-refractivity contribution in [3.05, 3.63) is 52.4 Å². The molecule has 6 nitrogen and oxygen atoms in total. The SMILES string of the molecule is CC(C)CN(Cc1cc(C(=O)NCc2cccc(Cl)c2)no1)C(=O)C1CCCCC1. The van der Waals surface area contributed by atoms with Crippen LogP contribution in [0.2, 0.25) is 5.02 Å². The zero-order valence-electron chi connectivity index (χ0n) is 17.7. The predicted octanol–water partition coefficient (Wildman–Crippen LogP) is 4.82. The van der Waals surface area contributed by atoms with Crippen molar-refractivity contribution < 1.29 is 14.1 Å². The topological polar surface area (TPSA) is 75.4 Å². The molecule has 1 fully saturated rings. The summed E-state index contributed by atoms with van der Waals surface area (Å²) in [4.78, 5) is 27.3. The number of amides is 2. The summed E-state index contributed by atoms with van der Waals surface area (Å²) >= 11 is 5.97. The molecule has 162 valence electrons. The second kappa shape index (κ2) is 10.6. The lowest BCUT2D eigenvalue weighted by molar-refractivity contribution is -0.138. The summed E-state index contributed by atoms with van der Waals surface area (Å²) in [5, 5.41) is 7.34. The van der Waals surface area contributed by atoms with E-state index in [2.05, 4.69) is 24.3 Å². The van der Waals surface area contributed by atoms with E-state index in [0.29, 0.717) is 36.3 Å². The first-order valence-electron chi connectivity index (χ1n) is 10.7. The maximum Gasteiger partial charge on any atom is 0.273 e. The molecule has 0 bridgehead atoms. The smallest absolute Gasteiger partial charge is 0.273 e. The van der Waals surface area contributed by atoms with Crippen molar-refractivity contribution in [3.63, 3.8) is 0 Å². The van der Waals surface area contributed by atoms with Gasteiger partial charge in [0.15, 0.2) is 11.5 Å². The van der Waals surface area contributed by atoms with Crippen molar-refractivity contribution in [2.45, 2.75) is 59.0 Å². The van der Waals surface area contributed by atoms with Gasteiger partial charge in [0.1, 0.15) is 0 Å². The lowest BCUT2D eigenvalue weighted by Gasteiger charge is -2.29. The summed E-state index contributed by atoms with van der Waals surface area (Å²) < 4.78 is 5.38. The summed E-state index contributed by atoms with van der Waals surface area (Å²) in [6, 6.07) is 8.94. The van der Waals surface area contributed by atoms with Crippen LogP contribution in [0.3, 0.4) is 0 Å². The first-order valence-corrected chi connectivity index (χ1v) is 11.1. The van der Waals surface area contributed by atoms with Crippen molar-refractivity contribution in [2.75, 3.05) is 6.54 Å². The maximum atomic E-state index is 13.0. The number of halogens is 1. The third-order valence-corrected chi connectivity index (χ3v) is 5.57. The second-order valence-electron chi connectivity index (χ2n) is 8.44. The zero-order chi connectivity index (χ0) is 21.5. The molecule has 1 aliphatic carbocycles. The minimum absolute atomic E-state index is 0.0980. The molecule has 0 radical (unpaired) electrons. The number of benzene rings is 1. The minimum Gasteiger partial charge on any atom is -0.359 e. The average molecular weight is 432 g/mol. The molecule has 0 unspecified atom stereocenters. The molecule has 1 aliphatic rings. The zero-order valence-corrected chi connectivity index (χ0v) is 18.5. The van der Waals surface area contributed by atoms with Gasteiger partial charge in [-0.2, -0.15) is 0 Å². The molecule has 0 atom stereocenters. The van der Waals surface area contributed by atoms with Crippen LogP contribution < -0.4 is 5.32 Å².